The maximum absolute atomic E-state index is 4.41. The van der Waals surface area contributed by atoms with Crippen LogP contribution in [0.15, 0.2) is 28.0 Å². The fourth-order valence-electron chi connectivity index (χ4n) is 1.27. The quantitative estimate of drug-likeness (QED) is 0.660. The minimum atomic E-state index is -0.605. The van der Waals surface area contributed by atoms with E-state index < -0.39 is 10.0 Å². The first-order valence-corrected chi connectivity index (χ1v) is 7.20. The highest BCUT2D eigenvalue weighted by molar-refractivity contribution is 8.32. The van der Waals surface area contributed by atoms with Crippen LogP contribution in [0.4, 0.5) is 0 Å². The molecule has 0 spiro atoms. The lowest BCUT2D eigenvalue weighted by Crippen LogP contribution is -1.96. The minimum Gasteiger partial charge on any atom is -0.223 e. The van der Waals surface area contributed by atoms with E-state index in [1.165, 1.54) is 10.5 Å². The topological polar surface area (TPSA) is 0 Å². The van der Waals surface area contributed by atoms with Gasteiger partial charge in [-0.15, -0.1) is 12.6 Å². The second-order valence-electron chi connectivity index (χ2n) is 3.74. The predicted octanol–water partition coefficient (Wildman–Crippen LogP) is 3.34. The van der Waals surface area contributed by atoms with Crippen LogP contribution in [0, 0.1) is 6.92 Å². The summed E-state index contributed by atoms with van der Waals surface area (Å²) in [5.74, 6) is 0. The van der Waals surface area contributed by atoms with Gasteiger partial charge in [-0.25, -0.2) is 10.0 Å². The van der Waals surface area contributed by atoms with E-state index in [4.69, 9.17) is 0 Å². The molecule has 0 radical (unpaired) electrons. The van der Waals surface area contributed by atoms with Crippen molar-refractivity contribution >= 4 is 22.7 Å². The number of rotatable bonds is 1. The van der Waals surface area contributed by atoms with E-state index in [-0.39, 0.29) is 0 Å². The van der Waals surface area contributed by atoms with Gasteiger partial charge in [-0.05, 0) is 48.3 Å². The molecule has 0 aliphatic carbocycles. The molecule has 0 heterocycles. The lowest BCUT2D eigenvalue weighted by molar-refractivity contribution is 1.19. The van der Waals surface area contributed by atoms with Gasteiger partial charge in [0.2, 0.25) is 0 Å². The molecule has 1 aromatic carbocycles. The molecule has 0 bridgehead atoms. The standard InChI is InChI=1S/C10H16S2/c1-8-9(11)6-5-7-10(8)12(2,3)4/h5-7,11H,1-4H3. The number of thiol groups is 1. The summed E-state index contributed by atoms with van der Waals surface area (Å²) in [7, 11) is -0.605. The molecular formula is C10H16S2. The maximum atomic E-state index is 4.41. The maximum Gasteiger partial charge on any atom is 0.00798 e. The summed E-state index contributed by atoms with van der Waals surface area (Å²) in [5, 5.41) is 0. The van der Waals surface area contributed by atoms with Gasteiger partial charge >= 0.3 is 0 Å². The molecular weight excluding hydrogens is 184 g/mol. The van der Waals surface area contributed by atoms with Gasteiger partial charge < -0.3 is 0 Å². The molecule has 0 aliphatic heterocycles. The molecule has 1 rings (SSSR count). The zero-order chi connectivity index (χ0) is 9.35. The lowest BCUT2D eigenvalue weighted by Gasteiger charge is -2.28. The predicted molar refractivity (Wildman–Crippen MR) is 62.1 cm³/mol. The zero-order valence-corrected chi connectivity index (χ0v) is 9.80. The molecule has 0 aromatic heterocycles. The molecule has 0 fully saturated rings. The molecule has 0 N–H and O–H groups in total. The average molecular weight is 200 g/mol. The minimum absolute atomic E-state index is 0.605. The van der Waals surface area contributed by atoms with Gasteiger partial charge in [0.25, 0.3) is 0 Å². The molecule has 0 atom stereocenters. The largest absolute Gasteiger partial charge is 0.223 e. The van der Waals surface area contributed by atoms with Gasteiger partial charge in [-0.1, -0.05) is 6.07 Å². The second kappa shape index (κ2) is 3.35. The van der Waals surface area contributed by atoms with Crippen molar-refractivity contribution in [1.29, 1.82) is 0 Å². The van der Waals surface area contributed by atoms with Gasteiger partial charge in [0.1, 0.15) is 0 Å². The Kier molecular flexibility index (Phi) is 2.79. The molecule has 68 valence electrons. The van der Waals surface area contributed by atoms with E-state index in [1.54, 1.807) is 0 Å². The molecule has 12 heavy (non-hydrogen) atoms. The van der Waals surface area contributed by atoms with Crippen LogP contribution in [-0.2, 0) is 0 Å². The molecule has 0 amide bonds. The molecule has 0 aliphatic rings. The summed E-state index contributed by atoms with van der Waals surface area (Å²) >= 11 is 4.41. The first kappa shape index (κ1) is 10.0. The number of hydrogen-bond donors (Lipinski definition) is 1. The lowest BCUT2D eigenvalue weighted by atomic mass is 10.2. The van der Waals surface area contributed by atoms with E-state index in [0.717, 1.165) is 4.90 Å². The van der Waals surface area contributed by atoms with Crippen molar-refractivity contribution in [3.63, 3.8) is 0 Å². The first-order valence-electron chi connectivity index (χ1n) is 3.90. The van der Waals surface area contributed by atoms with Crippen molar-refractivity contribution in [2.45, 2.75) is 16.7 Å². The summed E-state index contributed by atoms with van der Waals surface area (Å²) in [6, 6.07) is 6.35. The normalized spacial score (nSPS) is 13.1. The third kappa shape index (κ3) is 1.99. The summed E-state index contributed by atoms with van der Waals surface area (Å²) in [6.45, 7) is 2.15. The summed E-state index contributed by atoms with van der Waals surface area (Å²) in [6.07, 6.45) is 6.92. The highest BCUT2D eigenvalue weighted by atomic mass is 32.3. The Morgan fingerprint density at radius 1 is 1.17 bits per heavy atom. The van der Waals surface area contributed by atoms with Crippen molar-refractivity contribution in [2.24, 2.45) is 0 Å². The summed E-state index contributed by atoms with van der Waals surface area (Å²) in [4.78, 5) is 2.57. The van der Waals surface area contributed by atoms with Crippen LogP contribution >= 0.6 is 22.7 Å². The van der Waals surface area contributed by atoms with Crippen LogP contribution in [0.1, 0.15) is 5.56 Å². The third-order valence-corrected chi connectivity index (χ3v) is 4.16. The SMILES string of the molecule is Cc1c(S)cccc1S(C)(C)C. The summed E-state index contributed by atoms with van der Waals surface area (Å²) < 4.78 is 0. The van der Waals surface area contributed by atoms with Crippen molar-refractivity contribution in [2.75, 3.05) is 18.8 Å². The van der Waals surface area contributed by atoms with Gasteiger partial charge in [-0.2, -0.15) is 0 Å². The molecule has 0 nitrogen and oxygen atoms in total. The van der Waals surface area contributed by atoms with E-state index in [2.05, 4.69) is 50.5 Å². The van der Waals surface area contributed by atoms with Crippen molar-refractivity contribution in [3.05, 3.63) is 23.8 Å². The molecule has 0 saturated heterocycles. The van der Waals surface area contributed by atoms with Crippen LogP contribution in [0.3, 0.4) is 0 Å². The Hall–Kier alpha value is -0.0800. The highest BCUT2D eigenvalue weighted by Crippen LogP contribution is 2.47. The van der Waals surface area contributed by atoms with E-state index in [1.807, 2.05) is 6.07 Å². The van der Waals surface area contributed by atoms with Crippen LogP contribution in [0.5, 0.6) is 0 Å². The van der Waals surface area contributed by atoms with Gasteiger partial charge in [-0.3, -0.25) is 0 Å². The fraction of sp³-hybridized carbons (Fsp3) is 0.400. The van der Waals surface area contributed by atoms with E-state index in [9.17, 15) is 0 Å². The Bertz CT molecular complexity index is 284. The van der Waals surface area contributed by atoms with Crippen LogP contribution in [0.2, 0.25) is 0 Å². The average Bonchev–Trinajstić information content (AvgIpc) is 1.92. The Balaban J connectivity index is 3.26. The Morgan fingerprint density at radius 3 is 2.17 bits per heavy atom. The van der Waals surface area contributed by atoms with Gasteiger partial charge in [0.15, 0.2) is 0 Å². The smallest absolute Gasteiger partial charge is 0.00798 e. The molecule has 1 aromatic rings. The Labute approximate surface area is 82.1 Å². The van der Waals surface area contributed by atoms with Crippen LogP contribution in [-0.4, -0.2) is 18.8 Å². The van der Waals surface area contributed by atoms with Crippen molar-refractivity contribution in [3.8, 4) is 0 Å². The van der Waals surface area contributed by atoms with E-state index >= 15 is 0 Å². The third-order valence-electron chi connectivity index (χ3n) is 1.92. The number of hydrogen-bond acceptors (Lipinski definition) is 1. The van der Waals surface area contributed by atoms with Crippen molar-refractivity contribution < 1.29 is 0 Å². The first-order chi connectivity index (χ1) is 5.43. The van der Waals surface area contributed by atoms with Crippen LogP contribution in [0.25, 0.3) is 0 Å². The van der Waals surface area contributed by atoms with Gasteiger partial charge in [0.05, 0.1) is 0 Å². The fourth-order valence-corrected chi connectivity index (χ4v) is 3.06. The molecule has 0 saturated carbocycles. The highest BCUT2D eigenvalue weighted by Gasteiger charge is 2.11. The van der Waals surface area contributed by atoms with Crippen molar-refractivity contribution in [1.82, 2.24) is 0 Å². The van der Waals surface area contributed by atoms with E-state index in [0.29, 0.717) is 0 Å². The Morgan fingerprint density at radius 2 is 1.75 bits per heavy atom. The zero-order valence-electron chi connectivity index (χ0n) is 8.09. The summed E-state index contributed by atoms with van der Waals surface area (Å²) in [5.41, 5.74) is 1.34. The molecule has 0 unspecified atom stereocenters. The number of benzene rings is 1. The van der Waals surface area contributed by atoms with Gasteiger partial charge in [0, 0.05) is 4.90 Å². The monoisotopic (exact) mass is 200 g/mol. The van der Waals surface area contributed by atoms with Crippen LogP contribution < -0.4 is 0 Å². The molecule has 2 heteroatoms. The second-order valence-corrected chi connectivity index (χ2v) is 8.33.